The van der Waals surface area contributed by atoms with Gasteiger partial charge in [-0.3, -0.25) is 4.79 Å². The molecule has 4 aliphatic carbocycles. The van der Waals surface area contributed by atoms with Crippen molar-refractivity contribution in [1.29, 1.82) is 0 Å². The number of hydrogen-bond acceptors (Lipinski definition) is 3. The highest BCUT2D eigenvalue weighted by Crippen LogP contribution is 2.69. The number of hydrogen-bond donors (Lipinski definition) is 1. The number of rotatable bonds is 3. The van der Waals surface area contributed by atoms with E-state index in [0.29, 0.717) is 22.7 Å². The van der Waals surface area contributed by atoms with Crippen molar-refractivity contribution < 1.29 is 19.4 Å². The van der Waals surface area contributed by atoms with Gasteiger partial charge in [0, 0.05) is 5.92 Å². The molecule has 170 valence electrons. The first-order valence-corrected chi connectivity index (χ1v) is 12.7. The van der Waals surface area contributed by atoms with Crippen LogP contribution in [0.5, 0.6) is 0 Å². The lowest BCUT2D eigenvalue weighted by atomic mass is 9.43. The zero-order valence-electron chi connectivity index (χ0n) is 19.5. The fraction of sp³-hybridized carbons (Fsp3) is 0.962. The van der Waals surface area contributed by atoms with Gasteiger partial charge < -0.3 is 14.6 Å². The third-order valence-electron chi connectivity index (χ3n) is 11.3. The van der Waals surface area contributed by atoms with Crippen molar-refractivity contribution >= 4 is 5.97 Å². The van der Waals surface area contributed by atoms with Gasteiger partial charge in [-0.25, -0.2) is 0 Å². The van der Waals surface area contributed by atoms with Crippen molar-refractivity contribution in [1.82, 2.24) is 0 Å². The molecule has 4 nitrogen and oxygen atoms in total. The third-order valence-corrected chi connectivity index (χ3v) is 11.3. The number of carboxylic acid groups (broad SMARTS) is 1. The zero-order valence-corrected chi connectivity index (χ0v) is 19.5. The maximum absolute atomic E-state index is 11.6. The van der Waals surface area contributed by atoms with E-state index in [1.165, 1.54) is 44.9 Å². The van der Waals surface area contributed by atoms with Gasteiger partial charge in [-0.15, -0.1) is 0 Å². The number of fused-ring (bicyclic) bond motifs is 5. The molecule has 30 heavy (non-hydrogen) atoms. The van der Waals surface area contributed by atoms with Crippen LogP contribution in [0.2, 0.25) is 0 Å². The number of carboxylic acids is 1. The van der Waals surface area contributed by atoms with Crippen molar-refractivity contribution in [2.45, 2.75) is 91.3 Å². The summed E-state index contributed by atoms with van der Waals surface area (Å²) in [5.41, 5.74) is 0.764. The fourth-order valence-corrected chi connectivity index (χ4v) is 9.54. The first kappa shape index (κ1) is 21.2. The minimum absolute atomic E-state index is 0.190. The molecule has 4 saturated carbocycles. The summed E-state index contributed by atoms with van der Waals surface area (Å²) in [6.45, 7) is 10.8. The summed E-state index contributed by atoms with van der Waals surface area (Å²) in [7, 11) is 0. The fourth-order valence-electron chi connectivity index (χ4n) is 9.54. The summed E-state index contributed by atoms with van der Waals surface area (Å²) < 4.78 is 12.3. The minimum Gasteiger partial charge on any atom is -0.481 e. The van der Waals surface area contributed by atoms with Gasteiger partial charge in [0.05, 0.1) is 19.1 Å². The van der Waals surface area contributed by atoms with Crippen LogP contribution in [0.4, 0.5) is 0 Å². The van der Waals surface area contributed by atoms with Gasteiger partial charge in [0.15, 0.2) is 5.79 Å². The average molecular weight is 419 g/mol. The van der Waals surface area contributed by atoms with Gasteiger partial charge in [-0.05, 0) is 105 Å². The minimum atomic E-state index is -0.604. The van der Waals surface area contributed by atoms with E-state index < -0.39 is 5.97 Å². The summed E-state index contributed by atoms with van der Waals surface area (Å²) in [6.07, 6.45) is 11.4. The molecule has 0 aromatic heterocycles. The molecule has 1 heterocycles. The molecular formula is C26H42O4. The molecule has 0 amide bonds. The number of ether oxygens (including phenoxy) is 2. The van der Waals surface area contributed by atoms with Crippen LogP contribution in [0.15, 0.2) is 0 Å². The SMILES string of the molecule is C[C@@H](C(=O)O)[C@H]1CC[C@@]2(C)C(CCC3C2CC[C@@]2(C)C3CC[C@@H]2C2(C)OCCO2)C1. The lowest BCUT2D eigenvalue weighted by molar-refractivity contribution is -0.218. The smallest absolute Gasteiger partial charge is 0.306 e. The second-order valence-corrected chi connectivity index (χ2v) is 12.2. The molecule has 1 saturated heterocycles. The standard InChI is InChI=1S/C26H42O4/c1-16(23(27)28)17-9-11-24(2)18(15-17)5-6-19-20-7-8-22(26(4)29-13-14-30-26)25(20,3)12-10-21(19)24/h16-22H,5-15H2,1-4H3,(H,27,28)/t16-,17+,18?,19?,20?,21?,22+,24+,25+/m1/s1. The second kappa shape index (κ2) is 7.20. The Balaban J connectivity index is 1.35. The van der Waals surface area contributed by atoms with Crippen molar-refractivity contribution in [3.8, 4) is 0 Å². The van der Waals surface area contributed by atoms with Crippen LogP contribution in [0.3, 0.4) is 0 Å². The quantitative estimate of drug-likeness (QED) is 0.634. The second-order valence-electron chi connectivity index (χ2n) is 12.2. The van der Waals surface area contributed by atoms with Gasteiger partial charge in [-0.2, -0.15) is 0 Å². The highest BCUT2D eigenvalue weighted by molar-refractivity contribution is 5.69. The van der Waals surface area contributed by atoms with Crippen LogP contribution in [-0.4, -0.2) is 30.1 Å². The summed E-state index contributed by atoms with van der Waals surface area (Å²) >= 11 is 0. The Kier molecular flexibility index (Phi) is 5.10. The maximum Gasteiger partial charge on any atom is 0.306 e. The summed E-state index contributed by atoms with van der Waals surface area (Å²) in [5, 5.41) is 9.53. The number of carbonyl (C=O) groups is 1. The van der Waals surface area contributed by atoms with Crippen LogP contribution < -0.4 is 0 Å². The maximum atomic E-state index is 11.6. The summed E-state index contributed by atoms with van der Waals surface area (Å²) in [4.78, 5) is 11.6. The van der Waals surface area contributed by atoms with E-state index in [1.807, 2.05) is 6.92 Å². The summed E-state index contributed by atoms with van der Waals surface area (Å²) in [5.74, 6) is 2.93. The van der Waals surface area contributed by atoms with Gasteiger partial charge >= 0.3 is 5.97 Å². The van der Waals surface area contributed by atoms with Gasteiger partial charge in [0.1, 0.15) is 0 Å². The van der Waals surface area contributed by atoms with Crippen LogP contribution in [0.1, 0.15) is 85.5 Å². The zero-order chi connectivity index (χ0) is 21.3. The Hall–Kier alpha value is -0.610. The molecule has 0 aromatic carbocycles. The molecule has 5 rings (SSSR count). The molecule has 1 N–H and O–H groups in total. The normalized spacial score (nSPS) is 50.9. The molecule has 0 radical (unpaired) electrons. The molecule has 9 atom stereocenters. The molecule has 4 heteroatoms. The van der Waals surface area contributed by atoms with Gasteiger partial charge in [-0.1, -0.05) is 20.8 Å². The first-order chi connectivity index (χ1) is 14.2. The molecule has 0 bridgehead atoms. The van der Waals surface area contributed by atoms with Gasteiger partial charge in [0.2, 0.25) is 0 Å². The first-order valence-electron chi connectivity index (χ1n) is 12.7. The Labute approximate surface area is 182 Å². The van der Waals surface area contributed by atoms with E-state index in [-0.39, 0.29) is 11.7 Å². The van der Waals surface area contributed by atoms with Crippen LogP contribution in [0.25, 0.3) is 0 Å². The lowest BCUT2D eigenvalue weighted by Gasteiger charge is -2.62. The third kappa shape index (κ3) is 2.95. The Morgan fingerprint density at radius 1 is 0.900 bits per heavy atom. The molecule has 4 unspecified atom stereocenters. The van der Waals surface area contributed by atoms with Crippen molar-refractivity contribution in [2.24, 2.45) is 52.3 Å². The van der Waals surface area contributed by atoms with E-state index in [1.54, 1.807) is 0 Å². The molecular weight excluding hydrogens is 376 g/mol. The highest BCUT2D eigenvalue weighted by Gasteiger charge is 2.63. The van der Waals surface area contributed by atoms with Crippen LogP contribution >= 0.6 is 0 Å². The number of aliphatic carboxylic acids is 1. The van der Waals surface area contributed by atoms with Crippen molar-refractivity contribution in [2.75, 3.05) is 13.2 Å². The Morgan fingerprint density at radius 3 is 2.27 bits per heavy atom. The average Bonchev–Trinajstić information content (AvgIpc) is 3.30. The molecule has 5 fully saturated rings. The highest BCUT2D eigenvalue weighted by atomic mass is 16.7. The topological polar surface area (TPSA) is 55.8 Å². The lowest BCUT2D eigenvalue weighted by Crippen LogP contribution is -2.55. The van der Waals surface area contributed by atoms with Crippen LogP contribution in [-0.2, 0) is 14.3 Å². The Morgan fingerprint density at radius 2 is 1.57 bits per heavy atom. The van der Waals surface area contributed by atoms with E-state index in [0.717, 1.165) is 49.7 Å². The van der Waals surface area contributed by atoms with E-state index in [9.17, 15) is 9.90 Å². The van der Waals surface area contributed by atoms with E-state index in [2.05, 4.69) is 20.8 Å². The van der Waals surface area contributed by atoms with E-state index >= 15 is 0 Å². The van der Waals surface area contributed by atoms with Crippen molar-refractivity contribution in [3.05, 3.63) is 0 Å². The van der Waals surface area contributed by atoms with Gasteiger partial charge in [0.25, 0.3) is 0 Å². The Bertz CT molecular complexity index is 685. The predicted molar refractivity (Wildman–Crippen MR) is 116 cm³/mol. The predicted octanol–water partition coefficient (Wildman–Crippen LogP) is 5.75. The largest absolute Gasteiger partial charge is 0.481 e. The molecule has 1 aliphatic heterocycles. The van der Waals surface area contributed by atoms with Crippen molar-refractivity contribution in [3.63, 3.8) is 0 Å². The summed E-state index contributed by atoms with van der Waals surface area (Å²) in [6, 6.07) is 0. The molecule has 0 spiro atoms. The van der Waals surface area contributed by atoms with E-state index in [4.69, 9.17) is 9.47 Å². The monoisotopic (exact) mass is 418 g/mol. The molecule has 0 aromatic rings. The molecule has 5 aliphatic rings. The van der Waals surface area contributed by atoms with Crippen LogP contribution in [0, 0.1) is 52.3 Å².